The molecule has 3 heterocycles. The summed E-state index contributed by atoms with van der Waals surface area (Å²) in [4.78, 5) is 5.28. The molecule has 0 saturated carbocycles. The molecule has 79 heavy (non-hydrogen) atoms. The second-order valence-electron chi connectivity index (χ2n) is 27.2. The van der Waals surface area contributed by atoms with Crippen molar-refractivity contribution >= 4 is 110 Å². The van der Waals surface area contributed by atoms with Gasteiger partial charge < -0.3 is 9.80 Å². The maximum absolute atomic E-state index is 2.66. The van der Waals surface area contributed by atoms with Crippen LogP contribution >= 0.6 is 11.3 Å². The highest BCUT2D eigenvalue weighted by Gasteiger charge is 2.46. The molecule has 13 rings (SSSR count). The fourth-order valence-corrected chi connectivity index (χ4v) is 14.1. The Balaban J connectivity index is 1.13. The van der Waals surface area contributed by atoms with Crippen LogP contribution in [0.15, 0.2) is 182 Å². The lowest BCUT2D eigenvalue weighted by atomic mass is 9.36. The lowest BCUT2D eigenvalue weighted by Crippen LogP contribution is -2.60. The molecule has 0 spiro atoms. The highest BCUT2D eigenvalue weighted by molar-refractivity contribution is 7.33. The standard InChI is InChI=1S/C75H73BN2S/c1-45(2)46-26-32-54(33-27-46)77-65-24-19-25-66-69(65)76(71-70(77)62-44-51(73(6,7)8)31-37-68(62)79-71)63-35-29-47(49-38-52(74(9,10)11)42-53(39-49)75(12,13)14)41-67(63)78(66)64-36-30-50(72(3,4)5)43-60(64)48-28-34-59-57-22-16-15-20-55(57)56-21-17-18-23-58(56)61(59)40-48/h15-45H,1-14H3. The van der Waals surface area contributed by atoms with Gasteiger partial charge in [0, 0.05) is 43.2 Å². The fourth-order valence-electron chi connectivity index (χ4n) is 12.8. The molecule has 0 N–H and O–H groups in total. The molecule has 0 aliphatic carbocycles. The summed E-state index contributed by atoms with van der Waals surface area (Å²) in [5.74, 6) is 0.432. The molecule has 2 nitrogen and oxygen atoms in total. The number of benzene rings is 10. The van der Waals surface area contributed by atoms with E-state index in [2.05, 4.69) is 289 Å². The summed E-state index contributed by atoms with van der Waals surface area (Å²) in [6, 6.07) is 71.2. The van der Waals surface area contributed by atoms with Gasteiger partial charge in [0.1, 0.15) is 0 Å². The SMILES string of the molecule is CC(C)c1ccc(N2c3cccc4c3B(c3ccc(-c5cc(C(C)(C)C)cc(C(C)(C)C)c5)cc3N4c3ccc(C(C)(C)C)cc3-c3ccc4c5ccccc5c5ccccc5c4c3)c3sc4ccc(C(C)(C)C)cc4c32)cc1. The Hall–Kier alpha value is -7.40. The van der Waals surface area contributed by atoms with E-state index in [1.54, 1.807) is 0 Å². The van der Waals surface area contributed by atoms with Crippen molar-refractivity contribution in [1.29, 1.82) is 0 Å². The van der Waals surface area contributed by atoms with E-state index >= 15 is 0 Å². The molecule has 4 heteroatoms. The second-order valence-corrected chi connectivity index (χ2v) is 28.3. The highest BCUT2D eigenvalue weighted by Crippen LogP contribution is 2.51. The third-order valence-corrected chi connectivity index (χ3v) is 18.7. The second kappa shape index (κ2) is 18.1. The molecule has 0 fully saturated rings. The Morgan fingerprint density at radius 1 is 0.380 bits per heavy atom. The van der Waals surface area contributed by atoms with Gasteiger partial charge in [-0.05, 0) is 176 Å². The predicted molar refractivity (Wildman–Crippen MR) is 348 cm³/mol. The summed E-state index contributed by atoms with van der Waals surface area (Å²) in [7, 11) is 0. The molecule has 0 saturated heterocycles. The van der Waals surface area contributed by atoms with E-state index in [4.69, 9.17) is 0 Å². The van der Waals surface area contributed by atoms with Gasteiger partial charge in [-0.3, -0.25) is 0 Å². The van der Waals surface area contributed by atoms with Crippen molar-refractivity contribution in [3.05, 3.63) is 210 Å². The smallest absolute Gasteiger partial charge is 0.264 e. The third kappa shape index (κ3) is 8.42. The molecular formula is C75H73BN2S. The number of hydrogen-bond donors (Lipinski definition) is 0. The van der Waals surface area contributed by atoms with Gasteiger partial charge in [0.25, 0.3) is 6.71 Å². The van der Waals surface area contributed by atoms with E-state index in [0.29, 0.717) is 5.92 Å². The minimum Gasteiger partial charge on any atom is -0.311 e. The zero-order valence-corrected chi connectivity index (χ0v) is 49.6. The molecular weight excluding hydrogens is 972 g/mol. The summed E-state index contributed by atoms with van der Waals surface area (Å²) in [6.07, 6.45) is 0. The third-order valence-electron chi connectivity index (χ3n) is 17.4. The highest BCUT2D eigenvalue weighted by atomic mass is 32.1. The first kappa shape index (κ1) is 51.1. The van der Waals surface area contributed by atoms with Crippen LogP contribution in [0.2, 0.25) is 0 Å². The van der Waals surface area contributed by atoms with Crippen LogP contribution in [0, 0.1) is 0 Å². The van der Waals surface area contributed by atoms with E-state index in [1.165, 1.54) is 142 Å². The molecule has 0 radical (unpaired) electrons. The lowest BCUT2D eigenvalue weighted by molar-refractivity contribution is 0.569. The minimum atomic E-state index is -0.0874. The Morgan fingerprint density at radius 3 is 1.52 bits per heavy atom. The van der Waals surface area contributed by atoms with Crippen molar-refractivity contribution in [1.82, 2.24) is 0 Å². The maximum Gasteiger partial charge on any atom is 0.264 e. The zero-order valence-electron chi connectivity index (χ0n) is 48.8. The molecule has 11 aromatic rings. The predicted octanol–water partition coefficient (Wildman–Crippen LogP) is 20.1. The first-order valence-electron chi connectivity index (χ1n) is 28.7. The van der Waals surface area contributed by atoms with Gasteiger partial charge in [-0.15, -0.1) is 11.3 Å². The quantitative estimate of drug-likeness (QED) is 0.125. The van der Waals surface area contributed by atoms with Crippen molar-refractivity contribution in [2.24, 2.45) is 0 Å². The van der Waals surface area contributed by atoms with Crippen LogP contribution in [0.4, 0.5) is 34.1 Å². The number of thiophene rings is 1. The summed E-state index contributed by atoms with van der Waals surface area (Å²) < 4.78 is 2.71. The van der Waals surface area contributed by atoms with Crippen molar-refractivity contribution in [2.75, 3.05) is 9.80 Å². The van der Waals surface area contributed by atoms with Gasteiger partial charge in [0.15, 0.2) is 0 Å². The molecule has 2 aliphatic rings. The Kier molecular flexibility index (Phi) is 11.7. The molecule has 2 aliphatic heterocycles. The van der Waals surface area contributed by atoms with E-state index in [1.807, 2.05) is 11.3 Å². The molecule has 0 atom stereocenters. The van der Waals surface area contributed by atoms with Gasteiger partial charge in [-0.25, -0.2) is 0 Å². The van der Waals surface area contributed by atoms with Gasteiger partial charge in [-0.1, -0.05) is 218 Å². The minimum absolute atomic E-state index is 0.00756. The van der Waals surface area contributed by atoms with Gasteiger partial charge in [0.05, 0.1) is 11.4 Å². The molecule has 392 valence electrons. The summed E-state index contributed by atoms with van der Waals surface area (Å²) in [5.41, 5.74) is 21.5. The Labute approximate surface area is 473 Å². The topological polar surface area (TPSA) is 6.48 Å². The van der Waals surface area contributed by atoms with Crippen LogP contribution in [0.1, 0.15) is 131 Å². The van der Waals surface area contributed by atoms with Crippen LogP contribution in [-0.4, -0.2) is 6.71 Å². The molecule has 1 aromatic heterocycles. The molecule has 0 unspecified atom stereocenters. The van der Waals surface area contributed by atoms with E-state index in [-0.39, 0.29) is 28.4 Å². The van der Waals surface area contributed by atoms with Gasteiger partial charge in [0.2, 0.25) is 0 Å². The van der Waals surface area contributed by atoms with E-state index in [0.717, 1.165) is 0 Å². The normalized spacial score (nSPS) is 13.7. The first-order valence-corrected chi connectivity index (χ1v) is 29.5. The monoisotopic (exact) mass is 1040 g/mol. The zero-order chi connectivity index (χ0) is 55.2. The summed E-state index contributed by atoms with van der Waals surface area (Å²) in [5, 5.41) is 9.02. The van der Waals surface area contributed by atoms with Crippen LogP contribution in [0.25, 0.3) is 64.7 Å². The first-order chi connectivity index (χ1) is 37.5. The van der Waals surface area contributed by atoms with Crippen LogP contribution in [0.5, 0.6) is 0 Å². The number of anilines is 6. The van der Waals surface area contributed by atoms with Crippen molar-refractivity contribution < 1.29 is 0 Å². The summed E-state index contributed by atoms with van der Waals surface area (Å²) in [6.45, 7) is 32.7. The largest absolute Gasteiger partial charge is 0.311 e. The maximum atomic E-state index is 2.66. The fraction of sp³-hybridized carbons (Fsp3) is 0.253. The Morgan fingerprint density at radius 2 is 0.924 bits per heavy atom. The molecule has 0 amide bonds. The number of hydrogen-bond acceptors (Lipinski definition) is 3. The van der Waals surface area contributed by atoms with E-state index in [9.17, 15) is 0 Å². The average Bonchev–Trinajstić information content (AvgIpc) is 3.59. The van der Waals surface area contributed by atoms with E-state index < -0.39 is 0 Å². The van der Waals surface area contributed by atoms with Gasteiger partial charge >= 0.3 is 0 Å². The number of fused-ring (bicyclic) bond motifs is 12. The van der Waals surface area contributed by atoms with Crippen molar-refractivity contribution in [2.45, 2.75) is 125 Å². The molecule has 0 bridgehead atoms. The summed E-state index contributed by atoms with van der Waals surface area (Å²) >= 11 is 1.98. The number of rotatable bonds is 5. The Bertz CT molecular complexity index is 4210. The average molecular weight is 1050 g/mol. The van der Waals surface area contributed by atoms with Gasteiger partial charge in [-0.2, -0.15) is 0 Å². The van der Waals surface area contributed by atoms with Crippen molar-refractivity contribution in [3.63, 3.8) is 0 Å². The van der Waals surface area contributed by atoms with Crippen LogP contribution in [0.3, 0.4) is 0 Å². The molecule has 10 aromatic carbocycles. The van der Waals surface area contributed by atoms with Crippen molar-refractivity contribution in [3.8, 4) is 22.3 Å². The van der Waals surface area contributed by atoms with Crippen LogP contribution < -0.4 is 25.5 Å². The lowest BCUT2D eigenvalue weighted by Gasteiger charge is -2.43. The number of nitrogens with zero attached hydrogens (tertiary/aromatic N) is 2. The van der Waals surface area contributed by atoms with Crippen LogP contribution in [-0.2, 0) is 21.7 Å².